The average molecular weight is 399 g/mol. The Labute approximate surface area is 167 Å². The highest BCUT2D eigenvalue weighted by Crippen LogP contribution is 2.31. The zero-order valence-corrected chi connectivity index (χ0v) is 16.4. The zero-order chi connectivity index (χ0) is 18.8. The highest BCUT2D eigenvalue weighted by Gasteiger charge is 2.27. The molecule has 0 bridgehead atoms. The van der Waals surface area contributed by atoms with Crippen LogP contribution in [0.15, 0.2) is 59.8 Å². The fourth-order valence-electron chi connectivity index (χ4n) is 2.70. The molecular weight excluding hydrogens is 380 g/mol. The van der Waals surface area contributed by atoms with E-state index in [1.54, 1.807) is 0 Å². The molecule has 27 heavy (non-hydrogen) atoms. The van der Waals surface area contributed by atoms with Gasteiger partial charge in [0.2, 0.25) is 5.91 Å². The largest absolute Gasteiger partial charge is 0.352 e. The van der Waals surface area contributed by atoms with E-state index in [9.17, 15) is 4.79 Å². The molecule has 1 aromatic heterocycles. The maximum atomic E-state index is 12.4. The van der Waals surface area contributed by atoms with Crippen LogP contribution in [0, 0.1) is 0 Å². The molecule has 2 aromatic carbocycles. The average Bonchev–Trinajstić information content (AvgIpc) is 3.40. The van der Waals surface area contributed by atoms with Crippen LogP contribution in [0.4, 0.5) is 0 Å². The Morgan fingerprint density at radius 1 is 1.15 bits per heavy atom. The summed E-state index contributed by atoms with van der Waals surface area (Å²) in [5, 5.41) is 12.9. The predicted molar refractivity (Wildman–Crippen MR) is 108 cm³/mol. The Morgan fingerprint density at radius 2 is 1.85 bits per heavy atom. The molecular formula is C20H19ClN4OS. The fourth-order valence-corrected chi connectivity index (χ4v) is 3.70. The van der Waals surface area contributed by atoms with Gasteiger partial charge in [0.15, 0.2) is 11.0 Å². The second-order valence-electron chi connectivity index (χ2n) is 6.53. The molecule has 0 aliphatic heterocycles. The van der Waals surface area contributed by atoms with Gasteiger partial charge in [-0.25, -0.2) is 0 Å². The maximum absolute atomic E-state index is 12.4. The molecule has 1 N–H and O–H groups in total. The Bertz CT molecular complexity index is 938. The van der Waals surface area contributed by atoms with Gasteiger partial charge in [0.1, 0.15) is 0 Å². The standard InChI is InChI=1S/C20H19ClN4OS/c1-13(19(26)22-16-11-12-16)27-20-24-23-18(14-7-9-15(21)10-8-14)25(20)17-5-3-2-4-6-17/h2-10,13,16H,11-12H2,1H3,(H,22,26). The summed E-state index contributed by atoms with van der Waals surface area (Å²) in [6.45, 7) is 1.90. The number of para-hydroxylation sites is 1. The molecule has 0 saturated heterocycles. The number of carbonyl (C=O) groups excluding carboxylic acids is 1. The number of aromatic nitrogens is 3. The molecule has 3 aromatic rings. The molecule has 1 aliphatic carbocycles. The number of carbonyl (C=O) groups is 1. The molecule has 1 saturated carbocycles. The van der Waals surface area contributed by atoms with Crippen LogP contribution in [0.3, 0.4) is 0 Å². The van der Waals surface area contributed by atoms with Gasteiger partial charge in [-0.15, -0.1) is 10.2 Å². The molecule has 1 amide bonds. The number of benzene rings is 2. The summed E-state index contributed by atoms with van der Waals surface area (Å²) in [7, 11) is 0. The minimum atomic E-state index is -0.254. The van der Waals surface area contributed by atoms with Gasteiger partial charge in [-0.2, -0.15) is 0 Å². The maximum Gasteiger partial charge on any atom is 0.233 e. The lowest BCUT2D eigenvalue weighted by atomic mass is 10.2. The van der Waals surface area contributed by atoms with Gasteiger partial charge >= 0.3 is 0 Å². The van der Waals surface area contributed by atoms with Crippen molar-refractivity contribution in [1.29, 1.82) is 0 Å². The van der Waals surface area contributed by atoms with Gasteiger partial charge in [0.05, 0.1) is 5.25 Å². The van der Waals surface area contributed by atoms with Gasteiger partial charge in [-0.1, -0.05) is 41.6 Å². The highest BCUT2D eigenvalue weighted by molar-refractivity contribution is 8.00. The van der Waals surface area contributed by atoms with Crippen LogP contribution in [0.1, 0.15) is 19.8 Å². The van der Waals surface area contributed by atoms with Crippen molar-refractivity contribution in [3.05, 3.63) is 59.6 Å². The monoisotopic (exact) mass is 398 g/mol. The third-order valence-electron chi connectivity index (χ3n) is 4.33. The number of thioether (sulfide) groups is 1. The van der Waals surface area contributed by atoms with E-state index in [1.807, 2.05) is 66.1 Å². The van der Waals surface area contributed by atoms with Gasteiger partial charge in [0, 0.05) is 22.3 Å². The molecule has 138 valence electrons. The molecule has 4 rings (SSSR count). The van der Waals surface area contributed by atoms with Crippen molar-refractivity contribution in [3.8, 4) is 17.1 Å². The molecule has 7 heteroatoms. The summed E-state index contributed by atoms with van der Waals surface area (Å²) in [6, 6.07) is 17.8. The lowest BCUT2D eigenvalue weighted by Gasteiger charge is -2.13. The van der Waals surface area contributed by atoms with E-state index in [0.717, 1.165) is 29.9 Å². The first-order valence-corrected chi connectivity index (χ1v) is 10.1. The fraction of sp³-hybridized carbons (Fsp3) is 0.250. The number of hydrogen-bond donors (Lipinski definition) is 1. The van der Waals surface area contributed by atoms with E-state index < -0.39 is 0 Å². The van der Waals surface area contributed by atoms with Crippen LogP contribution in [0.25, 0.3) is 17.1 Å². The third kappa shape index (κ3) is 4.17. The predicted octanol–water partition coefficient (Wildman–Crippen LogP) is 4.35. The number of rotatable bonds is 6. The van der Waals surface area contributed by atoms with E-state index >= 15 is 0 Å². The summed E-state index contributed by atoms with van der Waals surface area (Å²) in [5.41, 5.74) is 1.86. The smallest absolute Gasteiger partial charge is 0.233 e. The topological polar surface area (TPSA) is 59.8 Å². The molecule has 1 unspecified atom stereocenters. The van der Waals surface area contributed by atoms with E-state index in [4.69, 9.17) is 11.6 Å². The van der Waals surface area contributed by atoms with Crippen molar-refractivity contribution < 1.29 is 4.79 Å². The number of halogens is 1. The minimum Gasteiger partial charge on any atom is -0.352 e. The molecule has 5 nitrogen and oxygen atoms in total. The molecule has 1 fully saturated rings. The third-order valence-corrected chi connectivity index (χ3v) is 5.62. The summed E-state index contributed by atoms with van der Waals surface area (Å²) < 4.78 is 1.98. The van der Waals surface area contributed by atoms with Crippen molar-refractivity contribution in [2.45, 2.75) is 36.2 Å². The van der Waals surface area contributed by atoms with Crippen LogP contribution in [0.5, 0.6) is 0 Å². The van der Waals surface area contributed by atoms with Gasteiger partial charge in [-0.05, 0) is 56.2 Å². The SMILES string of the molecule is CC(Sc1nnc(-c2ccc(Cl)cc2)n1-c1ccccc1)C(=O)NC1CC1. The number of amides is 1. The first-order chi connectivity index (χ1) is 13.1. The second kappa shape index (κ2) is 7.74. The minimum absolute atomic E-state index is 0.0400. The molecule has 0 spiro atoms. The van der Waals surface area contributed by atoms with Crippen molar-refractivity contribution in [2.75, 3.05) is 0 Å². The Kier molecular flexibility index (Phi) is 5.18. The van der Waals surface area contributed by atoms with Crippen LogP contribution < -0.4 is 5.32 Å². The van der Waals surface area contributed by atoms with Crippen LogP contribution in [-0.4, -0.2) is 32.0 Å². The zero-order valence-electron chi connectivity index (χ0n) is 14.8. The molecule has 1 heterocycles. The summed E-state index contributed by atoms with van der Waals surface area (Å²) in [4.78, 5) is 12.4. The Hall–Kier alpha value is -2.31. The van der Waals surface area contributed by atoms with E-state index in [1.165, 1.54) is 11.8 Å². The Balaban J connectivity index is 1.68. The number of nitrogens with one attached hydrogen (secondary N) is 1. The van der Waals surface area contributed by atoms with Crippen LogP contribution >= 0.6 is 23.4 Å². The number of nitrogens with zero attached hydrogens (tertiary/aromatic N) is 3. The summed E-state index contributed by atoms with van der Waals surface area (Å²) in [5.74, 6) is 0.758. The lowest BCUT2D eigenvalue weighted by molar-refractivity contribution is -0.120. The first kappa shape index (κ1) is 18.1. The Morgan fingerprint density at radius 3 is 2.52 bits per heavy atom. The van der Waals surface area contributed by atoms with E-state index in [-0.39, 0.29) is 11.2 Å². The van der Waals surface area contributed by atoms with Crippen molar-refractivity contribution in [3.63, 3.8) is 0 Å². The highest BCUT2D eigenvalue weighted by atomic mass is 35.5. The molecule has 1 atom stereocenters. The van der Waals surface area contributed by atoms with Crippen LogP contribution in [-0.2, 0) is 4.79 Å². The molecule has 0 radical (unpaired) electrons. The second-order valence-corrected chi connectivity index (χ2v) is 8.27. The number of hydrogen-bond acceptors (Lipinski definition) is 4. The van der Waals surface area contributed by atoms with E-state index in [2.05, 4.69) is 15.5 Å². The van der Waals surface area contributed by atoms with Gasteiger partial charge < -0.3 is 5.32 Å². The van der Waals surface area contributed by atoms with Gasteiger partial charge in [-0.3, -0.25) is 9.36 Å². The first-order valence-electron chi connectivity index (χ1n) is 8.85. The van der Waals surface area contributed by atoms with Crippen LogP contribution in [0.2, 0.25) is 5.02 Å². The summed E-state index contributed by atoms with van der Waals surface area (Å²) in [6.07, 6.45) is 2.15. The quantitative estimate of drug-likeness (QED) is 0.627. The summed E-state index contributed by atoms with van der Waals surface area (Å²) >= 11 is 7.43. The van der Waals surface area contributed by atoms with Crippen molar-refractivity contribution >= 4 is 29.3 Å². The normalized spacial score (nSPS) is 14.7. The lowest BCUT2D eigenvalue weighted by Crippen LogP contribution is -2.32. The van der Waals surface area contributed by atoms with Gasteiger partial charge in [0.25, 0.3) is 0 Å². The van der Waals surface area contributed by atoms with Crippen molar-refractivity contribution in [1.82, 2.24) is 20.1 Å². The van der Waals surface area contributed by atoms with Crippen molar-refractivity contribution in [2.24, 2.45) is 0 Å². The van der Waals surface area contributed by atoms with E-state index in [0.29, 0.717) is 16.2 Å². The molecule has 1 aliphatic rings.